The number of nitrogens with one attached hydrogen (secondary N) is 1. The van der Waals surface area contributed by atoms with Gasteiger partial charge >= 0.3 is 12.0 Å². The lowest BCUT2D eigenvalue weighted by Crippen LogP contribution is -2.42. The summed E-state index contributed by atoms with van der Waals surface area (Å²) in [5.41, 5.74) is 0.459. The number of benzene rings is 1. The van der Waals surface area contributed by atoms with Gasteiger partial charge < -0.3 is 20.1 Å². The molecule has 2 N–H and O–H groups in total. The van der Waals surface area contributed by atoms with Crippen LogP contribution in [0.2, 0.25) is 5.02 Å². The van der Waals surface area contributed by atoms with Gasteiger partial charge in [-0.05, 0) is 25.1 Å². The molecule has 1 unspecified atom stereocenters. The maximum absolute atomic E-state index is 11.8. The SMILES string of the molecule is COc1ccc(NC(=O)N(C)C(C)C(=O)O)cc1Cl. The molecule has 0 aromatic heterocycles. The molecule has 0 aliphatic heterocycles. The third-order valence-electron chi connectivity index (χ3n) is 2.66. The number of likely N-dealkylation sites (N-methyl/N-ethyl adjacent to an activating group) is 1. The van der Waals surface area contributed by atoms with Gasteiger partial charge in [-0.1, -0.05) is 11.6 Å². The summed E-state index contributed by atoms with van der Waals surface area (Å²) in [6.45, 7) is 1.42. The van der Waals surface area contributed by atoms with Crippen LogP contribution in [0.25, 0.3) is 0 Å². The monoisotopic (exact) mass is 286 g/mol. The predicted molar refractivity (Wildman–Crippen MR) is 71.9 cm³/mol. The Bertz CT molecular complexity index is 493. The molecule has 1 atom stereocenters. The normalized spacial score (nSPS) is 11.6. The van der Waals surface area contributed by atoms with Gasteiger partial charge in [-0.3, -0.25) is 0 Å². The first-order valence-electron chi connectivity index (χ1n) is 5.47. The Balaban J connectivity index is 2.77. The summed E-state index contributed by atoms with van der Waals surface area (Å²) in [6.07, 6.45) is 0. The molecule has 0 saturated carbocycles. The molecule has 1 aromatic rings. The van der Waals surface area contributed by atoms with Crippen LogP contribution in [-0.2, 0) is 4.79 Å². The highest BCUT2D eigenvalue weighted by atomic mass is 35.5. The van der Waals surface area contributed by atoms with E-state index in [1.54, 1.807) is 12.1 Å². The van der Waals surface area contributed by atoms with Crippen molar-refractivity contribution in [3.8, 4) is 5.75 Å². The minimum Gasteiger partial charge on any atom is -0.495 e. The number of ether oxygens (including phenoxy) is 1. The number of nitrogens with zero attached hydrogens (tertiary/aromatic N) is 1. The van der Waals surface area contributed by atoms with Crippen molar-refractivity contribution in [2.24, 2.45) is 0 Å². The minimum atomic E-state index is -1.08. The van der Waals surface area contributed by atoms with Gasteiger partial charge in [-0.25, -0.2) is 9.59 Å². The van der Waals surface area contributed by atoms with E-state index in [2.05, 4.69) is 5.32 Å². The molecule has 19 heavy (non-hydrogen) atoms. The summed E-state index contributed by atoms with van der Waals surface area (Å²) in [7, 11) is 2.89. The second-order valence-electron chi connectivity index (χ2n) is 3.90. The van der Waals surface area contributed by atoms with Crippen LogP contribution in [0.4, 0.5) is 10.5 Å². The van der Waals surface area contributed by atoms with Crippen molar-refractivity contribution in [2.75, 3.05) is 19.5 Å². The number of aliphatic carboxylic acids is 1. The van der Waals surface area contributed by atoms with Crippen molar-refractivity contribution >= 4 is 29.3 Å². The molecule has 0 fully saturated rings. The fraction of sp³-hybridized carbons (Fsp3) is 0.333. The zero-order valence-corrected chi connectivity index (χ0v) is 11.6. The Morgan fingerprint density at radius 2 is 2.11 bits per heavy atom. The molecule has 104 valence electrons. The molecule has 6 nitrogen and oxygen atoms in total. The Hall–Kier alpha value is -1.95. The van der Waals surface area contributed by atoms with Crippen molar-refractivity contribution in [3.63, 3.8) is 0 Å². The second-order valence-corrected chi connectivity index (χ2v) is 4.31. The minimum absolute atomic E-state index is 0.356. The fourth-order valence-corrected chi connectivity index (χ4v) is 1.56. The van der Waals surface area contributed by atoms with Gasteiger partial charge in [0.25, 0.3) is 0 Å². The number of carboxylic acid groups (broad SMARTS) is 1. The van der Waals surface area contributed by atoms with E-state index in [1.165, 1.54) is 27.1 Å². The Labute approximate surface area is 115 Å². The number of methoxy groups -OCH3 is 1. The lowest BCUT2D eigenvalue weighted by Gasteiger charge is -2.22. The number of halogens is 1. The van der Waals surface area contributed by atoms with Gasteiger partial charge in [0.1, 0.15) is 11.8 Å². The summed E-state index contributed by atoms with van der Waals surface area (Å²) in [5.74, 6) is -0.586. The second kappa shape index (κ2) is 6.29. The molecule has 0 saturated heterocycles. The number of anilines is 1. The van der Waals surface area contributed by atoms with Gasteiger partial charge in [-0.15, -0.1) is 0 Å². The third kappa shape index (κ3) is 3.75. The summed E-state index contributed by atoms with van der Waals surface area (Å²) in [4.78, 5) is 23.7. The van der Waals surface area contributed by atoms with Crippen LogP contribution in [0.3, 0.4) is 0 Å². The first-order valence-corrected chi connectivity index (χ1v) is 5.84. The number of hydrogen-bond acceptors (Lipinski definition) is 3. The lowest BCUT2D eigenvalue weighted by molar-refractivity contribution is -0.141. The summed E-state index contributed by atoms with van der Waals surface area (Å²) in [6, 6.07) is 3.29. The van der Waals surface area contributed by atoms with Crippen LogP contribution < -0.4 is 10.1 Å². The van der Waals surface area contributed by atoms with Crippen LogP contribution in [0.1, 0.15) is 6.92 Å². The number of carbonyl (C=O) groups excluding carboxylic acids is 1. The van der Waals surface area contributed by atoms with Crippen LogP contribution in [-0.4, -0.2) is 42.2 Å². The fourth-order valence-electron chi connectivity index (χ4n) is 1.30. The summed E-state index contributed by atoms with van der Waals surface area (Å²) >= 11 is 5.92. The quantitative estimate of drug-likeness (QED) is 0.890. The molecule has 7 heteroatoms. The number of urea groups is 1. The molecule has 1 aromatic carbocycles. The van der Waals surface area contributed by atoms with E-state index in [1.807, 2.05) is 0 Å². The Kier molecular flexibility index (Phi) is 5.00. The van der Waals surface area contributed by atoms with Gasteiger partial charge in [0.05, 0.1) is 12.1 Å². The van der Waals surface area contributed by atoms with E-state index in [9.17, 15) is 9.59 Å². The number of rotatable bonds is 4. The first kappa shape index (κ1) is 15.1. The molecule has 2 amide bonds. The molecule has 0 heterocycles. The van der Waals surface area contributed by atoms with E-state index in [-0.39, 0.29) is 0 Å². The molecule has 0 bridgehead atoms. The van der Waals surface area contributed by atoms with Crippen molar-refractivity contribution in [1.29, 1.82) is 0 Å². The van der Waals surface area contributed by atoms with Crippen molar-refractivity contribution in [3.05, 3.63) is 23.2 Å². The number of carboxylic acids is 1. The van der Waals surface area contributed by atoms with Gasteiger partial charge in [0, 0.05) is 12.7 Å². The lowest BCUT2D eigenvalue weighted by atomic mass is 10.3. The molecule has 0 aliphatic rings. The first-order chi connectivity index (χ1) is 8.86. The zero-order valence-electron chi connectivity index (χ0n) is 10.8. The average Bonchev–Trinajstić information content (AvgIpc) is 2.37. The summed E-state index contributed by atoms with van der Waals surface area (Å²) in [5, 5.41) is 11.7. The molecule has 0 aliphatic carbocycles. The van der Waals surface area contributed by atoms with E-state index in [0.717, 1.165) is 4.90 Å². The van der Waals surface area contributed by atoms with Crippen molar-refractivity contribution < 1.29 is 19.4 Å². The standard InChI is InChI=1S/C12H15ClN2O4/c1-7(11(16)17)15(2)12(18)14-8-4-5-10(19-3)9(13)6-8/h4-7H,1-3H3,(H,14,18)(H,16,17). The van der Waals surface area contributed by atoms with E-state index >= 15 is 0 Å². The van der Waals surface area contributed by atoms with E-state index in [0.29, 0.717) is 16.5 Å². The molecule has 0 radical (unpaired) electrons. The van der Waals surface area contributed by atoms with Crippen LogP contribution in [0, 0.1) is 0 Å². The number of carbonyl (C=O) groups is 2. The largest absolute Gasteiger partial charge is 0.495 e. The highest BCUT2D eigenvalue weighted by Crippen LogP contribution is 2.27. The topological polar surface area (TPSA) is 78.9 Å². The highest BCUT2D eigenvalue weighted by molar-refractivity contribution is 6.32. The maximum atomic E-state index is 11.8. The van der Waals surface area contributed by atoms with Gasteiger partial charge in [0.15, 0.2) is 0 Å². The van der Waals surface area contributed by atoms with E-state index < -0.39 is 18.0 Å². The average molecular weight is 287 g/mol. The molecular weight excluding hydrogens is 272 g/mol. The summed E-state index contributed by atoms with van der Waals surface area (Å²) < 4.78 is 4.99. The predicted octanol–water partition coefficient (Wildman–Crippen LogP) is 2.29. The molecule has 1 rings (SSSR count). The smallest absolute Gasteiger partial charge is 0.326 e. The van der Waals surface area contributed by atoms with Crippen LogP contribution in [0.5, 0.6) is 5.75 Å². The Morgan fingerprint density at radius 1 is 1.47 bits per heavy atom. The maximum Gasteiger partial charge on any atom is 0.326 e. The van der Waals surface area contributed by atoms with Crippen molar-refractivity contribution in [2.45, 2.75) is 13.0 Å². The van der Waals surface area contributed by atoms with E-state index in [4.69, 9.17) is 21.4 Å². The molecular formula is C12H15ClN2O4. The highest BCUT2D eigenvalue weighted by Gasteiger charge is 2.21. The third-order valence-corrected chi connectivity index (χ3v) is 2.96. The van der Waals surface area contributed by atoms with Gasteiger partial charge in [-0.2, -0.15) is 0 Å². The van der Waals surface area contributed by atoms with Crippen LogP contribution in [0.15, 0.2) is 18.2 Å². The van der Waals surface area contributed by atoms with Crippen LogP contribution >= 0.6 is 11.6 Å². The Morgan fingerprint density at radius 3 is 2.58 bits per heavy atom. The number of hydrogen-bond donors (Lipinski definition) is 2. The zero-order chi connectivity index (χ0) is 14.6. The van der Waals surface area contributed by atoms with Crippen molar-refractivity contribution in [1.82, 2.24) is 4.90 Å². The molecule has 0 spiro atoms. The van der Waals surface area contributed by atoms with Gasteiger partial charge in [0.2, 0.25) is 0 Å². The number of amides is 2.